The number of pyridine rings is 1. The molecule has 94 valence electrons. The molecule has 3 heterocycles. The Balaban J connectivity index is 1.76. The van der Waals surface area contributed by atoms with Crippen molar-refractivity contribution in [2.45, 2.75) is 25.7 Å². The highest BCUT2D eigenvalue weighted by Gasteiger charge is 2.25. The Morgan fingerprint density at radius 1 is 1.33 bits per heavy atom. The molecule has 1 aliphatic heterocycles. The van der Waals surface area contributed by atoms with Gasteiger partial charge >= 0.3 is 0 Å². The standard InChI is InChI=1S/C13H16N4O/c1-10-15-13(16-18-10)11-3-2-8-17(9-11)12-4-6-14-7-5-12/h4-7,11H,2-3,8-9H2,1H3. The van der Waals surface area contributed by atoms with Crippen LogP contribution in [0.4, 0.5) is 5.69 Å². The van der Waals surface area contributed by atoms with Crippen molar-refractivity contribution in [3.63, 3.8) is 0 Å². The molecule has 2 aromatic heterocycles. The van der Waals surface area contributed by atoms with Crippen LogP contribution in [0.25, 0.3) is 0 Å². The van der Waals surface area contributed by atoms with Gasteiger partial charge in [-0.1, -0.05) is 5.16 Å². The molecular formula is C13H16N4O. The molecule has 3 rings (SSSR count). The minimum absolute atomic E-state index is 0.365. The highest BCUT2D eigenvalue weighted by atomic mass is 16.5. The Bertz CT molecular complexity index is 511. The molecule has 2 aromatic rings. The molecule has 1 saturated heterocycles. The molecule has 0 bridgehead atoms. The maximum Gasteiger partial charge on any atom is 0.223 e. The maximum absolute atomic E-state index is 5.07. The molecular weight excluding hydrogens is 228 g/mol. The molecule has 0 N–H and O–H groups in total. The van der Waals surface area contributed by atoms with Gasteiger partial charge in [0.15, 0.2) is 5.82 Å². The second-order valence-corrected chi connectivity index (χ2v) is 4.66. The van der Waals surface area contributed by atoms with Gasteiger partial charge in [0, 0.05) is 44.0 Å². The summed E-state index contributed by atoms with van der Waals surface area (Å²) in [4.78, 5) is 10.8. The molecule has 5 heteroatoms. The predicted octanol–water partition coefficient (Wildman–Crippen LogP) is 2.16. The average molecular weight is 244 g/mol. The van der Waals surface area contributed by atoms with Gasteiger partial charge in [-0.15, -0.1) is 0 Å². The van der Waals surface area contributed by atoms with Crippen LogP contribution in [0.5, 0.6) is 0 Å². The molecule has 18 heavy (non-hydrogen) atoms. The fourth-order valence-corrected chi connectivity index (χ4v) is 2.46. The van der Waals surface area contributed by atoms with Crippen LogP contribution < -0.4 is 4.90 Å². The lowest BCUT2D eigenvalue weighted by molar-refractivity contribution is 0.377. The van der Waals surface area contributed by atoms with Crippen molar-refractivity contribution in [2.75, 3.05) is 18.0 Å². The molecule has 0 spiro atoms. The number of hydrogen-bond donors (Lipinski definition) is 0. The fourth-order valence-electron chi connectivity index (χ4n) is 2.46. The van der Waals surface area contributed by atoms with Crippen molar-refractivity contribution in [3.05, 3.63) is 36.2 Å². The van der Waals surface area contributed by atoms with Gasteiger partial charge in [-0.2, -0.15) is 4.98 Å². The fraction of sp³-hybridized carbons (Fsp3) is 0.462. The van der Waals surface area contributed by atoms with Crippen LogP contribution in [-0.4, -0.2) is 28.2 Å². The Morgan fingerprint density at radius 2 is 2.17 bits per heavy atom. The van der Waals surface area contributed by atoms with Crippen molar-refractivity contribution < 1.29 is 4.52 Å². The number of aryl methyl sites for hydroxylation is 1. The molecule has 0 aromatic carbocycles. The number of piperidine rings is 1. The number of anilines is 1. The van der Waals surface area contributed by atoms with Crippen LogP contribution in [0.2, 0.25) is 0 Å². The minimum atomic E-state index is 0.365. The van der Waals surface area contributed by atoms with E-state index in [1.807, 2.05) is 31.5 Å². The summed E-state index contributed by atoms with van der Waals surface area (Å²) < 4.78 is 5.07. The smallest absolute Gasteiger partial charge is 0.223 e. The van der Waals surface area contributed by atoms with E-state index in [2.05, 4.69) is 20.0 Å². The van der Waals surface area contributed by atoms with E-state index in [0.29, 0.717) is 11.8 Å². The van der Waals surface area contributed by atoms with E-state index in [1.165, 1.54) is 5.69 Å². The lowest BCUT2D eigenvalue weighted by Crippen LogP contribution is -2.34. The molecule has 0 radical (unpaired) electrons. The normalized spacial score (nSPS) is 20.1. The summed E-state index contributed by atoms with van der Waals surface area (Å²) in [6.07, 6.45) is 5.94. The van der Waals surface area contributed by atoms with Crippen molar-refractivity contribution >= 4 is 5.69 Å². The van der Waals surface area contributed by atoms with Crippen LogP contribution >= 0.6 is 0 Å². The summed E-state index contributed by atoms with van der Waals surface area (Å²) in [6, 6.07) is 4.09. The highest BCUT2D eigenvalue weighted by molar-refractivity contribution is 5.45. The Hall–Kier alpha value is -1.91. The van der Waals surface area contributed by atoms with Crippen LogP contribution in [-0.2, 0) is 0 Å². The lowest BCUT2D eigenvalue weighted by Gasteiger charge is -2.32. The predicted molar refractivity (Wildman–Crippen MR) is 67.5 cm³/mol. The monoisotopic (exact) mass is 244 g/mol. The van der Waals surface area contributed by atoms with Gasteiger partial charge in [-0.05, 0) is 25.0 Å². The van der Waals surface area contributed by atoms with Crippen LogP contribution in [0, 0.1) is 6.92 Å². The van der Waals surface area contributed by atoms with Crippen molar-refractivity contribution in [3.8, 4) is 0 Å². The van der Waals surface area contributed by atoms with Crippen LogP contribution in [0.15, 0.2) is 29.0 Å². The van der Waals surface area contributed by atoms with Gasteiger partial charge in [0.1, 0.15) is 0 Å². The highest BCUT2D eigenvalue weighted by Crippen LogP contribution is 2.28. The molecule has 0 amide bonds. The van der Waals surface area contributed by atoms with Gasteiger partial charge < -0.3 is 9.42 Å². The topological polar surface area (TPSA) is 55.1 Å². The van der Waals surface area contributed by atoms with Gasteiger partial charge in [-0.25, -0.2) is 0 Å². The van der Waals surface area contributed by atoms with Crippen molar-refractivity contribution in [1.29, 1.82) is 0 Å². The second kappa shape index (κ2) is 4.76. The zero-order chi connectivity index (χ0) is 12.4. The molecule has 1 atom stereocenters. The Kier molecular flexibility index (Phi) is 2.96. The number of rotatable bonds is 2. The van der Waals surface area contributed by atoms with Gasteiger partial charge in [-0.3, -0.25) is 4.98 Å². The first-order valence-corrected chi connectivity index (χ1v) is 6.28. The summed E-state index contributed by atoms with van der Waals surface area (Å²) in [5.74, 6) is 1.85. The molecule has 1 unspecified atom stereocenters. The summed E-state index contributed by atoms with van der Waals surface area (Å²) in [7, 11) is 0. The SMILES string of the molecule is Cc1nc(C2CCCN(c3ccncc3)C2)no1. The summed E-state index contributed by atoms with van der Waals surface area (Å²) in [5.41, 5.74) is 1.22. The number of aromatic nitrogens is 3. The third-order valence-corrected chi connectivity index (χ3v) is 3.36. The zero-order valence-electron chi connectivity index (χ0n) is 10.4. The first-order valence-electron chi connectivity index (χ1n) is 6.28. The summed E-state index contributed by atoms with van der Waals surface area (Å²) in [5, 5.41) is 4.04. The maximum atomic E-state index is 5.07. The third-order valence-electron chi connectivity index (χ3n) is 3.36. The Labute approximate surface area is 106 Å². The van der Waals surface area contributed by atoms with E-state index in [4.69, 9.17) is 4.52 Å². The minimum Gasteiger partial charge on any atom is -0.371 e. The summed E-state index contributed by atoms with van der Waals surface area (Å²) >= 11 is 0. The third kappa shape index (κ3) is 2.20. The van der Waals surface area contributed by atoms with E-state index in [1.54, 1.807) is 0 Å². The van der Waals surface area contributed by atoms with E-state index < -0.39 is 0 Å². The first-order chi connectivity index (χ1) is 8.83. The number of nitrogens with zero attached hydrogens (tertiary/aromatic N) is 4. The molecule has 5 nitrogen and oxygen atoms in total. The zero-order valence-corrected chi connectivity index (χ0v) is 10.4. The summed E-state index contributed by atoms with van der Waals surface area (Å²) in [6.45, 7) is 3.86. The number of hydrogen-bond acceptors (Lipinski definition) is 5. The molecule has 1 fully saturated rings. The van der Waals surface area contributed by atoms with Crippen molar-refractivity contribution in [1.82, 2.24) is 15.1 Å². The van der Waals surface area contributed by atoms with Crippen LogP contribution in [0.1, 0.15) is 30.5 Å². The second-order valence-electron chi connectivity index (χ2n) is 4.66. The van der Waals surface area contributed by atoms with Crippen LogP contribution in [0.3, 0.4) is 0 Å². The quantitative estimate of drug-likeness (QED) is 0.810. The average Bonchev–Trinajstić information content (AvgIpc) is 2.87. The largest absolute Gasteiger partial charge is 0.371 e. The van der Waals surface area contributed by atoms with Gasteiger partial charge in [0.05, 0.1) is 0 Å². The van der Waals surface area contributed by atoms with Gasteiger partial charge in [0.25, 0.3) is 0 Å². The van der Waals surface area contributed by atoms with E-state index in [0.717, 1.165) is 31.8 Å². The molecule has 0 saturated carbocycles. The lowest BCUT2D eigenvalue weighted by atomic mass is 9.97. The molecule has 0 aliphatic carbocycles. The molecule has 1 aliphatic rings. The Morgan fingerprint density at radius 3 is 2.89 bits per heavy atom. The van der Waals surface area contributed by atoms with Crippen molar-refractivity contribution in [2.24, 2.45) is 0 Å². The van der Waals surface area contributed by atoms with E-state index >= 15 is 0 Å². The van der Waals surface area contributed by atoms with E-state index in [-0.39, 0.29) is 0 Å². The van der Waals surface area contributed by atoms with Gasteiger partial charge in [0.2, 0.25) is 5.89 Å². The first kappa shape index (κ1) is 11.2. The van der Waals surface area contributed by atoms with E-state index in [9.17, 15) is 0 Å².